The van der Waals surface area contributed by atoms with Gasteiger partial charge in [0, 0.05) is 17.5 Å². The number of rotatable bonds is 4. The molecule has 3 rings (SSSR count). The number of hydrogen-bond donors (Lipinski definition) is 2. The largest absolute Gasteiger partial charge is 0.359 e. The molecule has 0 saturated heterocycles. The average molecular weight is 347 g/mol. The van der Waals surface area contributed by atoms with Gasteiger partial charge in [0.05, 0.1) is 16.8 Å². The van der Waals surface area contributed by atoms with Crippen molar-refractivity contribution in [1.82, 2.24) is 15.6 Å². The lowest BCUT2D eigenvalue weighted by Crippen LogP contribution is -2.39. The lowest BCUT2D eigenvalue weighted by atomic mass is 10.0. The van der Waals surface area contributed by atoms with Crippen molar-refractivity contribution in [2.24, 2.45) is 0 Å². The molecule has 1 amide bonds. The molecule has 3 aromatic rings. The first-order chi connectivity index (χ1) is 12.2. The Hall–Kier alpha value is -3.05. The van der Waals surface area contributed by atoms with Crippen molar-refractivity contribution in [3.63, 3.8) is 0 Å². The van der Waals surface area contributed by atoms with Crippen LogP contribution in [0.3, 0.4) is 0 Å². The summed E-state index contributed by atoms with van der Waals surface area (Å²) >= 11 is 5.14. The highest BCUT2D eigenvalue weighted by Gasteiger charge is 2.14. The zero-order valence-corrected chi connectivity index (χ0v) is 14.3. The Kier molecular flexibility index (Phi) is 5.16. The molecule has 1 heterocycles. The van der Waals surface area contributed by atoms with Crippen molar-refractivity contribution in [3.8, 4) is 11.3 Å². The van der Waals surface area contributed by atoms with Crippen LogP contribution in [0.1, 0.15) is 10.4 Å². The predicted molar refractivity (Wildman–Crippen MR) is 105 cm³/mol. The summed E-state index contributed by atoms with van der Waals surface area (Å²) in [5.41, 5.74) is 3.00. The van der Waals surface area contributed by atoms with Crippen LogP contribution in [0.15, 0.2) is 73.3 Å². The van der Waals surface area contributed by atoms with Gasteiger partial charge in [-0.2, -0.15) is 0 Å². The number of aromatic nitrogens is 1. The van der Waals surface area contributed by atoms with Crippen molar-refractivity contribution in [2.75, 3.05) is 6.54 Å². The maximum absolute atomic E-state index is 12.7. The second-order valence-electron chi connectivity index (χ2n) is 5.39. The van der Waals surface area contributed by atoms with E-state index >= 15 is 0 Å². The van der Waals surface area contributed by atoms with Gasteiger partial charge in [0.15, 0.2) is 5.11 Å². The molecular weight excluding hydrogens is 330 g/mol. The minimum absolute atomic E-state index is 0.266. The summed E-state index contributed by atoms with van der Waals surface area (Å²) in [5.74, 6) is -0.266. The third kappa shape index (κ3) is 3.89. The Morgan fingerprint density at radius 3 is 2.60 bits per heavy atom. The van der Waals surface area contributed by atoms with E-state index in [1.807, 2.05) is 54.6 Å². The number of pyridine rings is 1. The van der Waals surface area contributed by atoms with Crippen molar-refractivity contribution in [3.05, 3.63) is 78.9 Å². The van der Waals surface area contributed by atoms with E-state index in [4.69, 9.17) is 12.2 Å². The standard InChI is InChI=1S/C20H17N3OS/c1-2-12-21-20(25)23-19(24)16-13-18(14-8-4-3-5-9-14)22-17-11-7-6-10-15(16)17/h2-11,13H,1,12H2,(H2,21,23,24,25). The zero-order valence-electron chi connectivity index (χ0n) is 13.5. The summed E-state index contributed by atoms with van der Waals surface area (Å²) in [6.07, 6.45) is 1.67. The Morgan fingerprint density at radius 2 is 1.84 bits per heavy atom. The van der Waals surface area contributed by atoms with E-state index in [1.54, 1.807) is 12.1 Å². The first-order valence-corrected chi connectivity index (χ1v) is 8.25. The van der Waals surface area contributed by atoms with E-state index in [2.05, 4.69) is 22.2 Å². The predicted octanol–water partition coefficient (Wildman–Crippen LogP) is 3.69. The van der Waals surface area contributed by atoms with E-state index in [0.717, 1.165) is 22.2 Å². The molecule has 5 heteroatoms. The van der Waals surface area contributed by atoms with Gasteiger partial charge in [0.2, 0.25) is 0 Å². The van der Waals surface area contributed by atoms with E-state index < -0.39 is 0 Å². The molecule has 0 spiro atoms. The second-order valence-corrected chi connectivity index (χ2v) is 5.80. The molecule has 4 nitrogen and oxygen atoms in total. The van der Waals surface area contributed by atoms with Crippen LogP contribution in [0.2, 0.25) is 0 Å². The summed E-state index contributed by atoms with van der Waals surface area (Å²) in [6, 6.07) is 19.1. The molecule has 0 aliphatic heterocycles. The van der Waals surface area contributed by atoms with Crippen molar-refractivity contribution in [2.45, 2.75) is 0 Å². The van der Waals surface area contributed by atoms with E-state index in [0.29, 0.717) is 12.1 Å². The minimum Gasteiger partial charge on any atom is -0.359 e. The third-order valence-corrected chi connectivity index (χ3v) is 3.91. The van der Waals surface area contributed by atoms with Crippen LogP contribution in [0, 0.1) is 0 Å². The maximum Gasteiger partial charge on any atom is 0.258 e. The van der Waals surface area contributed by atoms with Crippen molar-refractivity contribution >= 4 is 34.1 Å². The minimum atomic E-state index is -0.266. The molecule has 0 aliphatic rings. The fourth-order valence-electron chi connectivity index (χ4n) is 2.50. The van der Waals surface area contributed by atoms with E-state index in [1.165, 1.54) is 0 Å². The third-order valence-electron chi connectivity index (χ3n) is 3.66. The van der Waals surface area contributed by atoms with Crippen LogP contribution < -0.4 is 10.6 Å². The molecule has 0 radical (unpaired) electrons. The van der Waals surface area contributed by atoms with Crippen LogP contribution in [0.5, 0.6) is 0 Å². The molecule has 124 valence electrons. The van der Waals surface area contributed by atoms with Crippen LogP contribution in [0.4, 0.5) is 0 Å². The van der Waals surface area contributed by atoms with Gasteiger partial charge in [0.25, 0.3) is 5.91 Å². The lowest BCUT2D eigenvalue weighted by molar-refractivity contribution is 0.0978. The SMILES string of the molecule is C=CCNC(=S)NC(=O)c1cc(-c2ccccc2)nc2ccccc12. The van der Waals surface area contributed by atoms with Gasteiger partial charge < -0.3 is 5.32 Å². The summed E-state index contributed by atoms with van der Waals surface area (Å²) < 4.78 is 0. The number of nitrogens with zero attached hydrogens (tertiary/aromatic N) is 1. The van der Waals surface area contributed by atoms with Crippen molar-refractivity contribution in [1.29, 1.82) is 0 Å². The van der Waals surface area contributed by atoms with Gasteiger partial charge in [-0.1, -0.05) is 54.6 Å². The van der Waals surface area contributed by atoms with Crippen LogP contribution in [-0.2, 0) is 0 Å². The number of nitrogens with one attached hydrogen (secondary N) is 2. The van der Waals surface area contributed by atoms with Crippen LogP contribution in [-0.4, -0.2) is 22.5 Å². The van der Waals surface area contributed by atoms with Gasteiger partial charge in [0.1, 0.15) is 0 Å². The smallest absolute Gasteiger partial charge is 0.258 e. The normalized spacial score (nSPS) is 10.2. The van der Waals surface area contributed by atoms with Crippen molar-refractivity contribution < 1.29 is 4.79 Å². The first-order valence-electron chi connectivity index (χ1n) is 7.84. The van der Waals surface area contributed by atoms with Gasteiger partial charge in [-0.3, -0.25) is 10.1 Å². The van der Waals surface area contributed by atoms with Gasteiger partial charge in [-0.05, 0) is 24.4 Å². The van der Waals surface area contributed by atoms with Gasteiger partial charge in [-0.25, -0.2) is 4.98 Å². The highest BCUT2D eigenvalue weighted by Crippen LogP contribution is 2.24. The number of amides is 1. The monoisotopic (exact) mass is 347 g/mol. The number of hydrogen-bond acceptors (Lipinski definition) is 3. The first kappa shape index (κ1) is 16.8. The highest BCUT2D eigenvalue weighted by molar-refractivity contribution is 7.80. The van der Waals surface area contributed by atoms with Gasteiger partial charge >= 0.3 is 0 Å². The molecule has 2 aromatic carbocycles. The topological polar surface area (TPSA) is 54.0 Å². The molecule has 0 atom stereocenters. The lowest BCUT2D eigenvalue weighted by Gasteiger charge is -2.11. The molecule has 0 bridgehead atoms. The quantitative estimate of drug-likeness (QED) is 0.558. The highest BCUT2D eigenvalue weighted by atomic mass is 32.1. The molecule has 2 N–H and O–H groups in total. The number of fused-ring (bicyclic) bond motifs is 1. The van der Waals surface area contributed by atoms with E-state index in [-0.39, 0.29) is 11.0 Å². The molecule has 0 aliphatic carbocycles. The van der Waals surface area contributed by atoms with E-state index in [9.17, 15) is 4.79 Å². The Bertz CT molecular complexity index is 938. The molecule has 0 fully saturated rings. The number of carbonyl (C=O) groups is 1. The zero-order chi connectivity index (χ0) is 17.6. The van der Waals surface area contributed by atoms with Crippen LogP contribution in [0.25, 0.3) is 22.2 Å². The Labute approximate surface area is 151 Å². The molecule has 0 unspecified atom stereocenters. The molecular formula is C20H17N3OS. The van der Waals surface area contributed by atoms with Crippen LogP contribution >= 0.6 is 12.2 Å². The summed E-state index contributed by atoms with van der Waals surface area (Å²) in [5, 5.41) is 6.65. The fraction of sp³-hybridized carbons (Fsp3) is 0.0500. The Balaban J connectivity index is 2.02. The summed E-state index contributed by atoms with van der Waals surface area (Å²) in [4.78, 5) is 17.4. The molecule has 25 heavy (non-hydrogen) atoms. The van der Waals surface area contributed by atoms with Gasteiger partial charge in [-0.15, -0.1) is 6.58 Å². The molecule has 1 aromatic heterocycles. The second kappa shape index (κ2) is 7.68. The number of benzene rings is 2. The fourth-order valence-corrected chi connectivity index (χ4v) is 2.68. The number of thiocarbonyl (C=S) groups is 1. The molecule has 0 saturated carbocycles. The average Bonchev–Trinajstić information content (AvgIpc) is 2.66. The number of carbonyl (C=O) groups excluding carboxylic acids is 1. The Morgan fingerprint density at radius 1 is 1.12 bits per heavy atom. The summed E-state index contributed by atoms with van der Waals surface area (Å²) in [7, 11) is 0. The number of para-hydroxylation sites is 1. The maximum atomic E-state index is 12.7. The summed E-state index contributed by atoms with van der Waals surface area (Å²) in [6.45, 7) is 4.10.